The van der Waals surface area contributed by atoms with Gasteiger partial charge >= 0.3 is 0 Å². The average molecular weight is 250 g/mol. The predicted molar refractivity (Wildman–Crippen MR) is 78.6 cm³/mol. The lowest BCUT2D eigenvalue weighted by Crippen LogP contribution is -1.98. The maximum Gasteiger partial charge on any atom is 0.159 e. The summed E-state index contributed by atoms with van der Waals surface area (Å²) >= 11 is 0. The standard InChI is InChI=1S/C18H18O/c1-3-6-14-15-7-4-5-8-16(15)17-10-9-13(12(2)19)11-18(14)17/h4-5,7-11,14H,3,6H2,1-2H3/t14-/m1/s1. The molecule has 2 aromatic carbocycles. The molecule has 1 atom stereocenters. The van der Waals surface area contributed by atoms with Crippen molar-refractivity contribution in [1.82, 2.24) is 0 Å². The summed E-state index contributed by atoms with van der Waals surface area (Å²) in [6, 6.07) is 14.8. The molecule has 3 rings (SSSR count). The maximum atomic E-state index is 11.6. The van der Waals surface area contributed by atoms with Gasteiger partial charge in [0.15, 0.2) is 5.78 Å². The van der Waals surface area contributed by atoms with Gasteiger partial charge in [-0.15, -0.1) is 0 Å². The van der Waals surface area contributed by atoms with Gasteiger partial charge in [0.05, 0.1) is 0 Å². The normalized spacial score (nSPS) is 16.0. The summed E-state index contributed by atoms with van der Waals surface area (Å²) < 4.78 is 0. The first-order valence-electron chi connectivity index (χ1n) is 6.96. The molecule has 0 aliphatic heterocycles. The van der Waals surface area contributed by atoms with Crippen molar-refractivity contribution in [3.05, 3.63) is 59.2 Å². The van der Waals surface area contributed by atoms with Crippen LogP contribution in [-0.2, 0) is 0 Å². The van der Waals surface area contributed by atoms with Crippen molar-refractivity contribution in [3.63, 3.8) is 0 Å². The van der Waals surface area contributed by atoms with E-state index < -0.39 is 0 Å². The lowest BCUT2D eigenvalue weighted by molar-refractivity contribution is 0.101. The molecule has 0 radical (unpaired) electrons. The minimum Gasteiger partial charge on any atom is -0.295 e. The molecule has 1 nitrogen and oxygen atoms in total. The number of carbonyl (C=O) groups is 1. The zero-order valence-corrected chi connectivity index (χ0v) is 11.4. The Bertz CT molecular complexity index is 640. The van der Waals surface area contributed by atoms with Crippen molar-refractivity contribution in [2.75, 3.05) is 0 Å². The Hall–Kier alpha value is -1.89. The predicted octanol–water partition coefficient (Wildman–Crippen LogP) is 4.80. The number of ketones is 1. The Morgan fingerprint density at radius 1 is 1.05 bits per heavy atom. The molecule has 0 unspecified atom stereocenters. The molecule has 1 aliphatic carbocycles. The second kappa shape index (κ2) is 4.65. The topological polar surface area (TPSA) is 17.1 Å². The molecule has 1 aliphatic rings. The first-order valence-corrected chi connectivity index (χ1v) is 6.96. The highest BCUT2D eigenvalue weighted by molar-refractivity contribution is 5.95. The van der Waals surface area contributed by atoms with E-state index in [4.69, 9.17) is 0 Å². The first-order chi connectivity index (χ1) is 9.22. The fourth-order valence-electron chi connectivity index (χ4n) is 3.13. The summed E-state index contributed by atoms with van der Waals surface area (Å²) in [6.45, 7) is 3.86. The largest absolute Gasteiger partial charge is 0.295 e. The van der Waals surface area contributed by atoms with Gasteiger partial charge in [0, 0.05) is 11.5 Å². The van der Waals surface area contributed by atoms with Gasteiger partial charge in [-0.3, -0.25) is 4.79 Å². The van der Waals surface area contributed by atoms with Crippen LogP contribution in [-0.4, -0.2) is 5.78 Å². The van der Waals surface area contributed by atoms with E-state index in [1.807, 2.05) is 6.07 Å². The highest BCUT2D eigenvalue weighted by Gasteiger charge is 2.27. The van der Waals surface area contributed by atoms with Crippen LogP contribution in [0.15, 0.2) is 42.5 Å². The number of hydrogen-bond donors (Lipinski definition) is 0. The summed E-state index contributed by atoms with van der Waals surface area (Å²) in [5.41, 5.74) is 6.22. The third-order valence-corrected chi connectivity index (χ3v) is 4.04. The van der Waals surface area contributed by atoms with E-state index >= 15 is 0 Å². The SMILES string of the molecule is CCC[C@@H]1c2ccccc2-c2ccc(C(C)=O)cc21. The van der Waals surface area contributed by atoms with Crippen LogP contribution in [0.5, 0.6) is 0 Å². The fourth-order valence-corrected chi connectivity index (χ4v) is 3.13. The van der Waals surface area contributed by atoms with Crippen molar-refractivity contribution in [2.45, 2.75) is 32.6 Å². The van der Waals surface area contributed by atoms with Crippen LogP contribution in [0.1, 0.15) is 54.1 Å². The molecule has 0 bridgehead atoms. The molecule has 0 amide bonds. The van der Waals surface area contributed by atoms with E-state index in [0.29, 0.717) is 5.92 Å². The minimum atomic E-state index is 0.147. The van der Waals surface area contributed by atoms with Crippen molar-refractivity contribution in [1.29, 1.82) is 0 Å². The van der Waals surface area contributed by atoms with Crippen LogP contribution in [0.3, 0.4) is 0 Å². The summed E-state index contributed by atoms with van der Waals surface area (Å²) in [5.74, 6) is 0.601. The van der Waals surface area contributed by atoms with E-state index in [2.05, 4.69) is 43.3 Å². The fraction of sp³-hybridized carbons (Fsp3) is 0.278. The molecule has 0 aromatic heterocycles. The summed E-state index contributed by atoms with van der Waals surface area (Å²) in [5, 5.41) is 0. The highest BCUT2D eigenvalue weighted by atomic mass is 16.1. The average Bonchev–Trinajstić information content (AvgIpc) is 2.74. The molecule has 19 heavy (non-hydrogen) atoms. The van der Waals surface area contributed by atoms with Gasteiger partial charge < -0.3 is 0 Å². The lowest BCUT2D eigenvalue weighted by Gasteiger charge is -2.12. The number of carbonyl (C=O) groups excluding carboxylic acids is 1. The summed E-state index contributed by atoms with van der Waals surface area (Å²) in [4.78, 5) is 11.6. The quantitative estimate of drug-likeness (QED) is 0.715. The van der Waals surface area contributed by atoms with Gasteiger partial charge in [-0.1, -0.05) is 49.7 Å². The molecule has 0 N–H and O–H groups in total. The van der Waals surface area contributed by atoms with E-state index in [0.717, 1.165) is 18.4 Å². The van der Waals surface area contributed by atoms with Gasteiger partial charge in [0.25, 0.3) is 0 Å². The zero-order chi connectivity index (χ0) is 13.4. The molecule has 96 valence electrons. The number of rotatable bonds is 3. The van der Waals surface area contributed by atoms with Crippen LogP contribution in [0.25, 0.3) is 11.1 Å². The molecular formula is C18H18O. The Morgan fingerprint density at radius 2 is 1.79 bits per heavy atom. The number of benzene rings is 2. The molecule has 2 aromatic rings. The lowest BCUT2D eigenvalue weighted by atomic mass is 9.91. The third-order valence-electron chi connectivity index (χ3n) is 4.04. The van der Waals surface area contributed by atoms with Crippen LogP contribution >= 0.6 is 0 Å². The van der Waals surface area contributed by atoms with Crippen LogP contribution < -0.4 is 0 Å². The second-order valence-corrected chi connectivity index (χ2v) is 5.29. The number of fused-ring (bicyclic) bond motifs is 3. The smallest absolute Gasteiger partial charge is 0.159 e. The molecule has 0 fully saturated rings. The van der Waals surface area contributed by atoms with Gasteiger partial charge in [0.1, 0.15) is 0 Å². The Balaban J connectivity index is 2.19. The summed E-state index contributed by atoms with van der Waals surface area (Å²) in [7, 11) is 0. The monoisotopic (exact) mass is 250 g/mol. The van der Waals surface area contributed by atoms with E-state index in [1.165, 1.54) is 22.3 Å². The Morgan fingerprint density at radius 3 is 2.53 bits per heavy atom. The second-order valence-electron chi connectivity index (χ2n) is 5.29. The molecule has 0 heterocycles. The molecule has 1 heteroatoms. The van der Waals surface area contributed by atoms with E-state index in [9.17, 15) is 4.79 Å². The third kappa shape index (κ3) is 1.90. The van der Waals surface area contributed by atoms with Gasteiger partial charge in [-0.25, -0.2) is 0 Å². The van der Waals surface area contributed by atoms with Gasteiger partial charge in [0.2, 0.25) is 0 Å². The van der Waals surface area contributed by atoms with Crippen molar-refractivity contribution in [2.24, 2.45) is 0 Å². The van der Waals surface area contributed by atoms with E-state index in [-0.39, 0.29) is 5.78 Å². The van der Waals surface area contributed by atoms with Crippen LogP contribution in [0, 0.1) is 0 Å². The Labute approximate surface area is 114 Å². The molecule has 0 saturated carbocycles. The number of Topliss-reactive ketones (excluding diaryl/α,β-unsaturated/α-hetero) is 1. The minimum absolute atomic E-state index is 0.147. The van der Waals surface area contributed by atoms with Crippen molar-refractivity contribution < 1.29 is 4.79 Å². The first kappa shape index (κ1) is 12.2. The van der Waals surface area contributed by atoms with E-state index in [1.54, 1.807) is 6.92 Å². The number of hydrogen-bond acceptors (Lipinski definition) is 1. The van der Waals surface area contributed by atoms with Gasteiger partial charge in [-0.2, -0.15) is 0 Å². The maximum absolute atomic E-state index is 11.6. The van der Waals surface area contributed by atoms with Crippen molar-refractivity contribution in [3.8, 4) is 11.1 Å². The van der Waals surface area contributed by atoms with Crippen molar-refractivity contribution >= 4 is 5.78 Å². The van der Waals surface area contributed by atoms with Crippen LogP contribution in [0.2, 0.25) is 0 Å². The van der Waals surface area contributed by atoms with Crippen LogP contribution in [0.4, 0.5) is 0 Å². The highest BCUT2D eigenvalue weighted by Crippen LogP contribution is 2.46. The summed E-state index contributed by atoms with van der Waals surface area (Å²) in [6.07, 6.45) is 2.30. The Kier molecular flexibility index (Phi) is 2.98. The molecule has 0 spiro atoms. The molecular weight excluding hydrogens is 232 g/mol. The zero-order valence-electron chi connectivity index (χ0n) is 11.4. The van der Waals surface area contributed by atoms with Gasteiger partial charge in [-0.05, 0) is 41.7 Å². The molecule has 0 saturated heterocycles.